The van der Waals surface area contributed by atoms with Crippen LogP contribution in [0.25, 0.3) is 0 Å². The number of hydrogen-bond donors (Lipinski definition) is 4. The van der Waals surface area contributed by atoms with Crippen LogP contribution in [0.2, 0.25) is 0 Å². The van der Waals surface area contributed by atoms with Crippen molar-refractivity contribution in [1.29, 1.82) is 0 Å². The minimum Gasteiger partial charge on any atom is -0.355 e. The Hall–Kier alpha value is -1.56. The zero-order valence-electron chi connectivity index (χ0n) is 10.4. The number of nitrogens with zero attached hydrogens (tertiary/aromatic N) is 2. The molecule has 0 fully saturated rings. The van der Waals surface area contributed by atoms with E-state index in [0.717, 1.165) is 44.6 Å². The molecule has 0 saturated heterocycles. The third-order valence-electron chi connectivity index (χ3n) is 2.36. The average molecular weight is 238 g/mol. The number of aromatic nitrogens is 2. The van der Waals surface area contributed by atoms with E-state index in [1.54, 1.807) is 6.20 Å². The molecule has 1 aromatic rings. The second kappa shape index (κ2) is 8.58. The molecule has 0 radical (unpaired) electrons. The van der Waals surface area contributed by atoms with Crippen LogP contribution in [-0.4, -0.2) is 29.0 Å². The second-order valence-electron chi connectivity index (χ2n) is 3.79. The Morgan fingerprint density at radius 1 is 1.53 bits per heavy atom. The largest absolute Gasteiger partial charge is 0.355 e. The molecule has 5 N–H and O–H groups in total. The van der Waals surface area contributed by atoms with Crippen LogP contribution in [0.15, 0.2) is 17.4 Å². The number of guanidine groups is 1. The van der Waals surface area contributed by atoms with Gasteiger partial charge in [0.15, 0.2) is 0 Å². The number of aromatic amines is 1. The monoisotopic (exact) mass is 238 g/mol. The topological polar surface area (TPSA) is 91.1 Å². The fraction of sp³-hybridized carbons (Fsp3) is 0.636. The second-order valence-corrected chi connectivity index (χ2v) is 3.79. The van der Waals surface area contributed by atoms with E-state index in [1.165, 1.54) is 0 Å². The number of H-pyrrole nitrogens is 1. The molecule has 17 heavy (non-hydrogen) atoms. The number of rotatable bonds is 7. The van der Waals surface area contributed by atoms with Crippen LogP contribution >= 0.6 is 0 Å². The van der Waals surface area contributed by atoms with E-state index < -0.39 is 0 Å². The van der Waals surface area contributed by atoms with Crippen molar-refractivity contribution in [2.24, 2.45) is 10.8 Å². The lowest BCUT2D eigenvalue weighted by Gasteiger charge is -2.07. The number of nitrogens with one attached hydrogen (secondary N) is 3. The maximum Gasteiger partial charge on any atom is 0.205 e. The Kier molecular flexibility index (Phi) is 6.81. The zero-order valence-corrected chi connectivity index (χ0v) is 10.4. The van der Waals surface area contributed by atoms with Crippen LogP contribution in [0.4, 0.5) is 0 Å². The molecule has 0 aliphatic rings. The molecular formula is C11H22N6. The van der Waals surface area contributed by atoms with E-state index in [4.69, 9.17) is 5.84 Å². The minimum atomic E-state index is 0.665. The van der Waals surface area contributed by atoms with Crippen molar-refractivity contribution in [2.45, 2.75) is 32.6 Å². The third-order valence-corrected chi connectivity index (χ3v) is 2.36. The molecule has 0 unspecified atom stereocenters. The number of unbranched alkanes of at least 4 members (excludes halogenated alkanes) is 1. The normalized spacial score (nSPS) is 11.5. The van der Waals surface area contributed by atoms with Gasteiger partial charge in [-0.2, -0.15) is 0 Å². The van der Waals surface area contributed by atoms with Gasteiger partial charge in [0.2, 0.25) is 5.96 Å². The lowest BCUT2D eigenvalue weighted by atomic mass is 10.3. The SMILES string of the molecule is CCCCNC(=NCCCc1ncc[nH]1)NN. The van der Waals surface area contributed by atoms with Gasteiger partial charge in [-0.15, -0.1) is 0 Å². The molecule has 6 nitrogen and oxygen atoms in total. The van der Waals surface area contributed by atoms with Gasteiger partial charge in [-0.25, -0.2) is 10.8 Å². The predicted molar refractivity (Wildman–Crippen MR) is 69.4 cm³/mol. The van der Waals surface area contributed by atoms with Gasteiger partial charge in [-0.1, -0.05) is 13.3 Å². The van der Waals surface area contributed by atoms with Gasteiger partial charge < -0.3 is 10.3 Å². The lowest BCUT2D eigenvalue weighted by Crippen LogP contribution is -2.42. The fourth-order valence-corrected chi connectivity index (χ4v) is 1.41. The molecule has 1 aromatic heterocycles. The van der Waals surface area contributed by atoms with Crippen molar-refractivity contribution in [3.05, 3.63) is 18.2 Å². The van der Waals surface area contributed by atoms with Crippen molar-refractivity contribution >= 4 is 5.96 Å². The highest BCUT2D eigenvalue weighted by Crippen LogP contribution is 1.94. The molecule has 0 bridgehead atoms. The minimum absolute atomic E-state index is 0.665. The van der Waals surface area contributed by atoms with Crippen LogP contribution in [0, 0.1) is 0 Å². The number of imidazole rings is 1. The number of aliphatic imine (C=N–C) groups is 1. The Morgan fingerprint density at radius 3 is 3.06 bits per heavy atom. The average Bonchev–Trinajstić information content (AvgIpc) is 2.85. The zero-order chi connectivity index (χ0) is 12.3. The quantitative estimate of drug-likeness (QED) is 0.183. The smallest absolute Gasteiger partial charge is 0.205 e. The van der Waals surface area contributed by atoms with Gasteiger partial charge in [0.05, 0.1) is 0 Å². The first kappa shape index (κ1) is 13.5. The molecule has 0 aromatic carbocycles. The van der Waals surface area contributed by atoms with Gasteiger partial charge >= 0.3 is 0 Å². The van der Waals surface area contributed by atoms with E-state index in [2.05, 4.69) is 32.6 Å². The predicted octanol–water partition coefficient (Wildman–Crippen LogP) is 0.551. The highest BCUT2D eigenvalue weighted by Gasteiger charge is 1.96. The van der Waals surface area contributed by atoms with Crippen LogP contribution in [0.5, 0.6) is 0 Å². The summed E-state index contributed by atoms with van der Waals surface area (Å²) in [5.74, 6) is 7.04. The molecule has 6 heteroatoms. The van der Waals surface area contributed by atoms with E-state index in [0.29, 0.717) is 5.96 Å². The summed E-state index contributed by atoms with van der Waals surface area (Å²) in [4.78, 5) is 11.6. The summed E-state index contributed by atoms with van der Waals surface area (Å²) in [7, 11) is 0. The molecule has 0 amide bonds. The van der Waals surface area contributed by atoms with Crippen molar-refractivity contribution in [2.75, 3.05) is 13.1 Å². The summed E-state index contributed by atoms with van der Waals surface area (Å²) in [5.41, 5.74) is 2.57. The standard InChI is InChI=1S/C11H22N6/c1-2-3-6-15-11(17-12)16-7-4-5-10-13-8-9-14-10/h8-9H,2-7,12H2,1H3,(H,13,14)(H2,15,16,17). The van der Waals surface area contributed by atoms with Crippen LogP contribution in [0.3, 0.4) is 0 Å². The summed E-state index contributed by atoms with van der Waals surface area (Å²) in [5, 5.41) is 3.15. The number of hydrazine groups is 1. The maximum atomic E-state index is 5.37. The van der Waals surface area contributed by atoms with Crippen molar-refractivity contribution in [1.82, 2.24) is 20.7 Å². The highest BCUT2D eigenvalue weighted by molar-refractivity contribution is 5.79. The maximum absolute atomic E-state index is 5.37. The summed E-state index contributed by atoms with van der Waals surface area (Å²) in [6, 6.07) is 0. The highest BCUT2D eigenvalue weighted by atomic mass is 15.3. The van der Waals surface area contributed by atoms with Gasteiger partial charge in [0.1, 0.15) is 5.82 Å². The molecule has 1 heterocycles. The van der Waals surface area contributed by atoms with Gasteiger partial charge in [-0.05, 0) is 12.8 Å². The molecule has 0 atom stereocenters. The molecule has 0 aliphatic heterocycles. The lowest BCUT2D eigenvalue weighted by molar-refractivity contribution is 0.724. The number of aryl methyl sites for hydroxylation is 1. The fourth-order valence-electron chi connectivity index (χ4n) is 1.41. The molecule has 96 valence electrons. The van der Waals surface area contributed by atoms with Crippen LogP contribution < -0.4 is 16.6 Å². The van der Waals surface area contributed by atoms with Crippen LogP contribution in [0.1, 0.15) is 32.0 Å². The first-order chi connectivity index (χ1) is 8.36. The Balaban J connectivity index is 2.16. The summed E-state index contributed by atoms with van der Waals surface area (Å²) < 4.78 is 0. The van der Waals surface area contributed by atoms with Gasteiger partial charge in [0, 0.05) is 31.9 Å². The number of nitrogens with two attached hydrogens (primary N) is 1. The van der Waals surface area contributed by atoms with E-state index in [9.17, 15) is 0 Å². The van der Waals surface area contributed by atoms with Crippen molar-refractivity contribution < 1.29 is 0 Å². The molecule has 0 spiro atoms. The first-order valence-corrected chi connectivity index (χ1v) is 6.10. The number of hydrogen-bond acceptors (Lipinski definition) is 3. The molecule has 0 aliphatic carbocycles. The van der Waals surface area contributed by atoms with Crippen molar-refractivity contribution in [3.63, 3.8) is 0 Å². The Morgan fingerprint density at radius 2 is 2.41 bits per heavy atom. The Labute approximate surface area is 102 Å². The molecular weight excluding hydrogens is 216 g/mol. The van der Waals surface area contributed by atoms with E-state index in [-0.39, 0.29) is 0 Å². The van der Waals surface area contributed by atoms with E-state index in [1.807, 2.05) is 6.20 Å². The van der Waals surface area contributed by atoms with Crippen molar-refractivity contribution in [3.8, 4) is 0 Å². The molecule has 1 rings (SSSR count). The summed E-state index contributed by atoms with van der Waals surface area (Å²) in [6.07, 6.45) is 7.73. The first-order valence-electron chi connectivity index (χ1n) is 6.10. The summed E-state index contributed by atoms with van der Waals surface area (Å²) in [6.45, 7) is 3.79. The molecule has 0 saturated carbocycles. The summed E-state index contributed by atoms with van der Waals surface area (Å²) >= 11 is 0. The Bertz CT molecular complexity index is 306. The third kappa shape index (κ3) is 5.91. The van der Waals surface area contributed by atoms with E-state index >= 15 is 0 Å². The van der Waals surface area contributed by atoms with Gasteiger partial charge in [-0.3, -0.25) is 10.4 Å². The van der Waals surface area contributed by atoms with Gasteiger partial charge in [0.25, 0.3) is 0 Å². The van der Waals surface area contributed by atoms with Crippen LogP contribution in [-0.2, 0) is 6.42 Å².